The fraction of sp³-hybridized carbons (Fsp3) is 0.393. The third-order valence-electron chi connectivity index (χ3n) is 7.44. The Bertz CT molecular complexity index is 1470. The number of nitrogens with one attached hydrogen (secondary N) is 4. The van der Waals surface area contributed by atoms with Gasteiger partial charge in [-0.2, -0.15) is 0 Å². The van der Waals surface area contributed by atoms with Gasteiger partial charge in [-0.3, -0.25) is 9.59 Å². The molecule has 0 spiro atoms. The maximum absolute atomic E-state index is 13.1. The molecule has 9 heteroatoms. The molecule has 8 nitrogen and oxygen atoms in total. The maximum Gasteiger partial charge on any atom is 0.261 e. The molecule has 1 amide bonds. The summed E-state index contributed by atoms with van der Waals surface area (Å²) in [5.74, 6) is 0.549. The van der Waals surface area contributed by atoms with Crippen molar-refractivity contribution in [2.45, 2.75) is 57.7 Å². The van der Waals surface area contributed by atoms with E-state index in [9.17, 15) is 9.59 Å². The number of pyridine rings is 1. The lowest BCUT2D eigenvalue weighted by Gasteiger charge is -2.18. The van der Waals surface area contributed by atoms with Gasteiger partial charge in [0.2, 0.25) is 0 Å². The zero-order chi connectivity index (χ0) is 25.4. The standard InChI is InChI=1S/C28H32N6O2S/c1-17(13-20-7-4-12-37-20)31-22-8-9-30-27(35)25(22)26-32-23-14-18-16-34(11-10-29-19-5-2-3-6-19)28(36)21(18)15-24(23)33-26/h4,7-9,12,14-15,17,19,29H,2-3,5-6,10-11,13,16H2,1H3,(H,32,33)(H2,30,31,35). The van der Waals surface area contributed by atoms with Crippen LogP contribution in [-0.4, -0.2) is 50.9 Å². The average Bonchev–Trinajstić information content (AvgIpc) is 3.67. The molecule has 1 aliphatic heterocycles. The number of fused-ring (bicyclic) bond motifs is 2. The van der Waals surface area contributed by atoms with Crippen LogP contribution in [0.2, 0.25) is 0 Å². The molecule has 1 fully saturated rings. The molecule has 37 heavy (non-hydrogen) atoms. The van der Waals surface area contributed by atoms with Crippen molar-refractivity contribution < 1.29 is 4.79 Å². The van der Waals surface area contributed by atoms with Crippen LogP contribution in [0.4, 0.5) is 5.69 Å². The zero-order valence-corrected chi connectivity index (χ0v) is 21.8. The highest BCUT2D eigenvalue weighted by atomic mass is 32.1. The summed E-state index contributed by atoms with van der Waals surface area (Å²) in [6.45, 7) is 4.23. The average molecular weight is 517 g/mol. The van der Waals surface area contributed by atoms with E-state index in [1.807, 2.05) is 23.1 Å². The van der Waals surface area contributed by atoms with E-state index in [4.69, 9.17) is 4.98 Å². The van der Waals surface area contributed by atoms with Crippen LogP contribution in [0.3, 0.4) is 0 Å². The van der Waals surface area contributed by atoms with Crippen molar-refractivity contribution in [2.75, 3.05) is 18.4 Å². The fourth-order valence-electron chi connectivity index (χ4n) is 5.59. The highest BCUT2D eigenvalue weighted by molar-refractivity contribution is 7.09. The first-order chi connectivity index (χ1) is 18.0. The maximum atomic E-state index is 13.1. The van der Waals surface area contributed by atoms with Gasteiger partial charge in [0.05, 0.1) is 16.7 Å². The molecule has 0 bridgehead atoms. The van der Waals surface area contributed by atoms with E-state index in [1.165, 1.54) is 30.6 Å². The van der Waals surface area contributed by atoms with Crippen molar-refractivity contribution in [2.24, 2.45) is 0 Å². The molecule has 1 atom stereocenters. The van der Waals surface area contributed by atoms with Crippen LogP contribution in [0.5, 0.6) is 0 Å². The molecule has 1 aliphatic carbocycles. The molecule has 6 rings (SSSR count). The number of aromatic amines is 2. The van der Waals surface area contributed by atoms with Gasteiger partial charge >= 0.3 is 0 Å². The van der Waals surface area contributed by atoms with Crippen LogP contribution in [0.15, 0.2) is 46.7 Å². The SMILES string of the molecule is CC(Cc1cccs1)Nc1cc[nH]c(=O)c1-c1nc2cc3c(cc2[nH]1)CN(CCNC1CCCC1)C3=O. The lowest BCUT2D eigenvalue weighted by molar-refractivity contribution is 0.0778. The van der Waals surface area contributed by atoms with Crippen molar-refractivity contribution in [3.05, 3.63) is 68.3 Å². The van der Waals surface area contributed by atoms with Crippen LogP contribution < -0.4 is 16.2 Å². The highest BCUT2D eigenvalue weighted by Crippen LogP contribution is 2.30. The molecule has 4 N–H and O–H groups in total. The molecule has 3 aromatic heterocycles. The predicted molar refractivity (Wildman–Crippen MR) is 148 cm³/mol. The second-order valence-corrected chi connectivity index (χ2v) is 11.2. The van der Waals surface area contributed by atoms with Crippen molar-refractivity contribution >= 4 is 34.0 Å². The molecule has 1 saturated carbocycles. The summed E-state index contributed by atoms with van der Waals surface area (Å²) in [6, 6.07) is 10.6. The minimum absolute atomic E-state index is 0.0528. The minimum atomic E-state index is -0.211. The number of carbonyl (C=O) groups excluding carboxylic acids is 1. The summed E-state index contributed by atoms with van der Waals surface area (Å²) in [6.07, 6.45) is 7.59. The number of aromatic nitrogens is 3. The molecular formula is C28H32N6O2S. The predicted octanol–water partition coefficient (Wildman–Crippen LogP) is 4.51. The lowest BCUT2D eigenvalue weighted by Crippen LogP contribution is -2.36. The third-order valence-corrected chi connectivity index (χ3v) is 8.34. The van der Waals surface area contributed by atoms with E-state index < -0.39 is 0 Å². The van der Waals surface area contributed by atoms with Gasteiger partial charge in [-0.05, 0) is 55.0 Å². The van der Waals surface area contributed by atoms with Gasteiger partial charge in [-0.25, -0.2) is 4.98 Å². The lowest BCUT2D eigenvalue weighted by atomic mass is 10.1. The van der Waals surface area contributed by atoms with Gasteiger partial charge < -0.3 is 25.5 Å². The number of imidazole rings is 1. The van der Waals surface area contributed by atoms with E-state index >= 15 is 0 Å². The van der Waals surface area contributed by atoms with Crippen LogP contribution >= 0.6 is 11.3 Å². The molecule has 4 heterocycles. The summed E-state index contributed by atoms with van der Waals surface area (Å²) >= 11 is 1.73. The summed E-state index contributed by atoms with van der Waals surface area (Å²) in [5, 5.41) is 9.16. The van der Waals surface area contributed by atoms with Crippen molar-refractivity contribution in [3.63, 3.8) is 0 Å². The number of thiophene rings is 1. The first-order valence-electron chi connectivity index (χ1n) is 13.1. The minimum Gasteiger partial charge on any atom is -0.381 e. The number of hydrogen-bond donors (Lipinski definition) is 4. The largest absolute Gasteiger partial charge is 0.381 e. The molecule has 2 aliphatic rings. The smallest absolute Gasteiger partial charge is 0.261 e. The number of rotatable bonds is 9. The normalized spacial score (nSPS) is 16.6. The van der Waals surface area contributed by atoms with Gasteiger partial charge in [0.25, 0.3) is 11.5 Å². The first-order valence-corrected chi connectivity index (χ1v) is 14.0. The van der Waals surface area contributed by atoms with E-state index in [2.05, 4.69) is 45.0 Å². The number of H-pyrrole nitrogens is 2. The molecule has 4 aromatic rings. The monoisotopic (exact) mass is 516 g/mol. The Morgan fingerprint density at radius 1 is 1.22 bits per heavy atom. The third kappa shape index (κ3) is 4.93. The highest BCUT2D eigenvalue weighted by Gasteiger charge is 2.29. The van der Waals surface area contributed by atoms with Crippen LogP contribution in [0.25, 0.3) is 22.4 Å². The Morgan fingerprint density at radius 2 is 2.08 bits per heavy atom. The molecule has 1 aromatic carbocycles. The van der Waals surface area contributed by atoms with Crippen LogP contribution in [-0.2, 0) is 13.0 Å². The number of benzene rings is 1. The van der Waals surface area contributed by atoms with Gasteiger partial charge in [0.1, 0.15) is 11.4 Å². The molecule has 192 valence electrons. The van der Waals surface area contributed by atoms with Crippen LogP contribution in [0, 0.1) is 0 Å². The van der Waals surface area contributed by atoms with Crippen LogP contribution in [0.1, 0.15) is 53.4 Å². The van der Waals surface area contributed by atoms with Crippen molar-refractivity contribution in [3.8, 4) is 11.4 Å². The number of anilines is 1. The first kappa shape index (κ1) is 23.9. The Hall–Kier alpha value is -3.43. The van der Waals surface area contributed by atoms with Gasteiger partial charge in [-0.1, -0.05) is 18.9 Å². The molecule has 1 unspecified atom stereocenters. The zero-order valence-electron chi connectivity index (χ0n) is 21.0. The van der Waals surface area contributed by atoms with Gasteiger partial charge in [-0.15, -0.1) is 11.3 Å². The Balaban J connectivity index is 1.21. The van der Waals surface area contributed by atoms with E-state index in [0.717, 1.165) is 29.7 Å². The molecule has 0 saturated heterocycles. The number of carbonyl (C=O) groups is 1. The summed E-state index contributed by atoms with van der Waals surface area (Å²) < 4.78 is 0. The summed E-state index contributed by atoms with van der Waals surface area (Å²) in [7, 11) is 0. The number of amides is 1. The summed E-state index contributed by atoms with van der Waals surface area (Å²) in [4.78, 5) is 40.0. The number of nitrogens with zero attached hydrogens (tertiary/aromatic N) is 2. The molecular weight excluding hydrogens is 484 g/mol. The second kappa shape index (κ2) is 10.1. The topological polar surface area (TPSA) is 106 Å². The van der Waals surface area contributed by atoms with Crippen molar-refractivity contribution in [1.82, 2.24) is 25.2 Å². The second-order valence-electron chi connectivity index (χ2n) is 10.2. The van der Waals surface area contributed by atoms with E-state index in [0.29, 0.717) is 41.6 Å². The Kier molecular flexibility index (Phi) is 6.56. The van der Waals surface area contributed by atoms with Gasteiger partial charge in [0, 0.05) is 54.8 Å². The quantitative estimate of drug-likeness (QED) is 0.262. The van der Waals surface area contributed by atoms with Gasteiger partial charge in [0.15, 0.2) is 0 Å². The van der Waals surface area contributed by atoms with E-state index in [-0.39, 0.29) is 17.5 Å². The van der Waals surface area contributed by atoms with E-state index in [1.54, 1.807) is 17.5 Å². The fourth-order valence-corrected chi connectivity index (χ4v) is 6.43. The number of hydrogen-bond acceptors (Lipinski definition) is 6. The Morgan fingerprint density at radius 3 is 2.89 bits per heavy atom. The molecule has 0 radical (unpaired) electrons. The summed E-state index contributed by atoms with van der Waals surface area (Å²) in [5.41, 5.74) is 4.22. The van der Waals surface area contributed by atoms with Crippen molar-refractivity contribution in [1.29, 1.82) is 0 Å². The Labute approximate surface area is 219 Å².